The van der Waals surface area contributed by atoms with Crippen LogP contribution in [0.25, 0.3) is 11.1 Å². The predicted molar refractivity (Wildman–Crippen MR) is 62.7 cm³/mol. The Bertz CT molecular complexity index is 550. The van der Waals surface area contributed by atoms with E-state index < -0.39 is 5.97 Å². The van der Waals surface area contributed by atoms with Crippen LogP contribution in [0.3, 0.4) is 0 Å². The third-order valence-electron chi connectivity index (χ3n) is 2.16. The Morgan fingerprint density at radius 1 is 1.53 bits per heavy atom. The molecule has 0 bridgehead atoms. The lowest BCUT2D eigenvalue weighted by atomic mass is 10.3. The van der Waals surface area contributed by atoms with Gasteiger partial charge < -0.3 is 14.4 Å². The van der Waals surface area contributed by atoms with Crippen molar-refractivity contribution in [3.63, 3.8) is 0 Å². The molecule has 0 saturated heterocycles. The number of hydrogen-bond acceptors (Lipinski definition) is 4. The number of carboxylic acid groups (broad SMARTS) is 1. The van der Waals surface area contributed by atoms with Crippen LogP contribution in [0.1, 0.15) is 0 Å². The molecule has 1 aromatic heterocycles. The van der Waals surface area contributed by atoms with E-state index >= 15 is 0 Å². The number of terminal acetylenes is 1. The molecule has 0 saturated carbocycles. The minimum absolute atomic E-state index is 0.138. The summed E-state index contributed by atoms with van der Waals surface area (Å²) in [5.41, 5.74) is 1.28. The van der Waals surface area contributed by atoms with E-state index in [1.54, 1.807) is 12.1 Å². The van der Waals surface area contributed by atoms with Crippen LogP contribution >= 0.6 is 0 Å². The van der Waals surface area contributed by atoms with Gasteiger partial charge in [0.05, 0.1) is 6.54 Å². The standard InChI is InChI=1S/C12H10N2O3/c1-2-7-14(8-11(15)16)12-13-9-5-3-4-6-10(9)17-12/h1,3-6H,7-8H2,(H,15,16). The first-order valence-electron chi connectivity index (χ1n) is 4.96. The monoisotopic (exact) mass is 230 g/mol. The average molecular weight is 230 g/mol. The van der Waals surface area contributed by atoms with Gasteiger partial charge >= 0.3 is 5.97 Å². The number of hydrogen-bond donors (Lipinski definition) is 1. The average Bonchev–Trinajstić information content (AvgIpc) is 2.71. The first-order valence-corrected chi connectivity index (χ1v) is 4.96. The van der Waals surface area contributed by atoms with Gasteiger partial charge in [-0.1, -0.05) is 18.1 Å². The van der Waals surface area contributed by atoms with Crippen molar-refractivity contribution in [2.45, 2.75) is 0 Å². The zero-order chi connectivity index (χ0) is 12.3. The van der Waals surface area contributed by atoms with Crippen molar-refractivity contribution in [3.05, 3.63) is 24.3 Å². The van der Waals surface area contributed by atoms with Crippen LogP contribution in [0.2, 0.25) is 0 Å². The number of aliphatic carboxylic acids is 1. The van der Waals surface area contributed by atoms with Gasteiger partial charge in [0.1, 0.15) is 12.1 Å². The molecule has 0 fully saturated rings. The molecule has 0 aliphatic rings. The summed E-state index contributed by atoms with van der Waals surface area (Å²) in [6, 6.07) is 7.43. The number of benzene rings is 1. The van der Waals surface area contributed by atoms with E-state index in [2.05, 4.69) is 10.9 Å². The second-order valence-corrected chi connectivity index (χ2v) is 3.42. The normalized spacial score (nSPS) is 10.1. The molecule has 0 radical (unpaired) electrons. The highest BCUT2D eigenvalue weighted by Gasteiger charge is 2.15. The quantitative estimate of drug-likeness (QED) is 0.803. The Hall–Kier alpha value is -2.48. The van der Waals surface area contributed by atoms with Gasteiger partial charge in [-0.2, -0.15) is 4.98 Å². The van der Waals surface area contributed by atoms with E-state index in [-0.39, 0.29) is 19.1 Å². The van der Waals surface area contributed by atoms with Crippen molar-refractivity contribution < 1.29 is 14.3 Å². The number of fused-ring (bicyclic) bond motifs is 1. The molecule has 0 spiro atoms. The zero-order valence-corrected chi connectivity index (χ0v) is 8.96. The van der Waals surface area contributed by atoms with Crippen LogP contribution in [0.5, 0.6) is 0 Å². The van der Waals surface area contributed by atoms with E-state index in [0.717, 1.165) is 0 Å². The van der Waals surface area contributed by atoms with Gasteiger partial charge in [0, 0.05) is 0 Å². The summed E-state index contributed by atoms with van der Waals surface area (Å²) in [6.07, 6.45) is 5.18. The minimum Gasteiger partial charge on any atom is -0.480 e. The second kappa shape index (κ2) is 4.58. The fourth-order valence-corrected chi connectivity index (χ4v) is 1.46. The molecule has 0 unspecified atom stereocenters. The van der Waals surface area contributed by atoms with Crippen LogP contribution in [-0.2, 0) is 4.79 Å². The molecule has 2 rings (SSSR count). The SMILES string of the molecule is C#CCN(CC(=O)O)c1nc2ccccc2o1. The van der Waals surface area contributed by atoms with Crippen molar-refractivity contribution in [1.82, 2.24) is 4.98 Å². The Morgan fingerprint density at radius 3 is 2.94 bits per heavy atom. The van der Waals surface area contributed by atoms with E-state index in [1.807, 2.05) is 12.1 Å². The molecule has 1 aromatic carbocycles. The number of para-hydroxylation sites is 2. The van der Waals surface area contributed by atoms with Crippen LogP contribution in [0.15, 0.2) is 28.7 Å². The van der Waals surface area contributed by atoms with Crippen molar-refractivity contribution in [2.75, 3.05) is 18.0 Å². The van der Waals surface area contributed by atoms with Crippen molar-refractivity contribution in [1.29, 1.82) is 0 Å². The maximum absolute atomic E-state index is 10.7. The lowest BCUT2D eigenvalue weighted by molar-refractivity contribution is -0.135. The molecule has 5 nitrogen and oxygen atoms in total. The van der Waals surface area contributed by atoms with Gasteiger partial charge in [0.25, 0.3) is 6.01 Å². The molecule has 0 aliphatic carbocycles. The molecule has 17 heavy (non-hydrogen) atoms. The predicted octanol–water partition coefficient (Wildman–Crippen LogP) is 1.35. The molecule has 2 aromatic rings. The van der Waals surface area contributed by atoms with Gasteiger partial charge in [-0.25, -0.2) is 0 Å². The molecule has 1 heterocycles. The van der Waals surface area contributed by atoms with Crippen LogP contribution in [-0.4, -0.2) is 29.1 Å². The second-order valence-electron chi connectivity index (χ2n) is 3.42. The summed E-state index contributed by atoms with van der Waals surface area (Å²) >= 11 is 0. The summed E-state index contributed by atoms with van der Waals surface area (Å²) in [5.74, 6) is 1.39. The summed E-state index contributed by atoms with van der Waals surface area (Å²) in [6.45, 7) is -0.101. The van der Waals surface area contributed by atoms with Crippen molar-refractivity contribution in [2.24, 2.45) is 0 Å². The Balaban J connectivity index is 2.35. The number of oxazole rings is 1. The fraction of sp³-hybridized carbons (Fsp3) is 0.167. The molecular weight excluding hydrogens is 220 g/mol. The molecule has 5 heteroatoms. The Kier molecular flexibility index (Phi) is 2.97. The lowest BCUT2D eigenvalue weighted by Crippen LogP contribution is -2.30. The fourth-order valence-electron chi connectivity index (χ4n) is 1.46. The van der Waals surface area contributed by atoms with Crippen LogP contribution in [0, 0.1) is 12.3 Å². The van der Waals surface area contributed by atoms with Gasteiger partial charge in [0.15, 0.2) is 5.58 Å². The summed E-state index contributed by atoms with van der Waals surface area (Å²) in [4.78, 5) is 16.3. The van der Waals surface area contributed by atoms with Crippen LogP contribution < -0.4 is 4.90 Å². The third kappa shape index (κ3) is 2.37. The molecule has 0 amide bonds. The highest BCUT2D eigenvalue weighted by Crippen LogP contribution is 2.21. The maximum Gasteiger partial charge on any atom is 0.323 e. The minimum atomic E-state index is -0.984. The van der Waals surface area contributed by atoms with E-state index in [1.165, 1.54) is 4.90 Å². The van der Waals surface area contributed by atoms with E-state index in [0.29, 0.717) is 11.1 Å². The largest absolute Gasteiger partial charge is 0.480 e. The van der Waals surface area contributed by atoms with Crippen molar-refractivity contribution >= 4 is 23.1 Å². The number of rotatable bonds is 4. The first-order chi connectivity index (χ1) is 8.20. The topological polar surface area (TPSA) is 66.6 Å². The Labute approximate surface area is 97.7 Å². The highest BCUT2D eigenvalue weighted by molar-refractivity contribution is 5.76. The maximum atomic E-state index is 10.7. The van der Waals surface area contributed by atoms with E-state index in [4.69, 9.17) is 15.9 Å². The number of carboxylic acids is 1. The third-order valence-corrected chi connectivity index (χ3v) is 2.16. The molecule has 0 atom stereocenters. The van der Waals surface area contributed by atoms with Gasteiger partial charge in [-0.05, 0) is 12.1 Å². The summed E-state index contributed by atoms with van der Waals surface area (Å²) in [7, 11) is 0. The van der Waals surface area contributed by atoms with Crippen LogP contribution in [0.4, 0.5) is 6.01 Å². The van der Waals surface area contributed by atoms with Gasteiger partial charge in [0.2, 0.25) is 0 Å². The molecule has 0 aliphatic heterocycles. The number of aromatic nitrogens is 1. The van der Waals surface area contributed by atoms with Gasteiger partial charge in [-0.3, -0.25) is 4.79 Å². The molecule has 86 valence electrons. The van der Waals surface area contributed by atoms with E-state index in [9.17, 15) is 4.79 Å². The summed E-state index contributed by atoms with van der Waals surface area (Å²) < 4.78 is 5.44. The number of anilines is 1. The lowest BCUT2D eigenvalue weighted by Gasteiger charge is -2.14. The smallest absolute Gasteiger partial charge is 0.323 e. The zero-order valence-electron chi connectivity index (χ0n) is 8.96. The Morgan fingerprint density at radius 2 is 2.29 bits per heavy atom. The number of carbonyl (C=O) groups is 1. The van der Waals surface area contributed by atoms with Crippen molar-refractivity contribution in [3.8, 4) is 12.3 Å². The highest BCUT2D eigenvalue weighted by atomic mass is 16.4. The summed E-state index contributed by atoms with van der Waals surface area (Å²) in [5, 5.41) is 8.77. The molecular formula is C12H10N2O3. The number of nitrogens with zero attached hydrogens (tertiary/aromatic N) is 2. The first kappa shape index (κ1) is 11.0. The van der Waals surface area contributed by atoms with Gasteiger partial charge in [-0.15, -0.1) is 6.42 Å². The molecule has 1 N–H and O–H groups in total.